The van der Waals surface area contributed by atoms with E-state index in [0.29, 0.717) is 24.0 Å². The van der Waals surface area contributed by atoms with Crippen molar-refractivity contribution in [2.24, 2.45) is 5.92 Å². The first-order chi connectivity index (χ1) is 10.0. The normalized spacial score (nSPS) is 11.1. The first-order valence-electron chi connectivity index (χ1n) is 6.93. The molecule has 0 aliphatic heterocycles. The molecule has 0 spiro atoms. The van der Waals surface area contributed by atoms with Crippen molar-refractivity contribution in [3.8, 4) is 11.5 Å². The number of rotatable bonds is 8. The number of methoxy groups -OCH3 is 1. The monoisotopic (exact) mass is 356 g/mol. The molecule has 0 fully saturated rings. The Morgan fingerprint density at radius 2 is 2.05 bits per heavy atom. The summed E-state index contributed by atoms with van der Waals surface area (Å²) >= 11 is 3.45. The summed E-state index contributed by atoms with van der Waals surface area (Å²) in [6.45, 7) is 4.92. The number of aliphatic carboxylic acids is 1. The molecule has 21 heavy (non-hydrogen) atoms. The summed E-state index contributed by atoms with van der Waals surface area (Å²) in [5.41, 5.74) is 0.732. The van der Waals surface area contributed by atoms with Gasteiger partial charge >= 0.3 is 5.97 Å². The minimum absolute atomic E-state index is 0.508. The third-order valence-electron chi connectivity index (χ3n) is 3.29. The molecule has 0 aliphatic rings. The van der Waals surface area contributed by atoms with E-state index in [1.165, 1.54) is 6.08 Å². The molecule has 0 unspecified atom stereocenters. The molecule has 0 aliphatic carbocycles. The van der Waals surface area contributed by atoms with Crippen LogP contribution in [0.15, 0.2) is 22.7 Å². The summed E-state index contributed by atoms with van der Waals surface area (Å²) in [5, 5.41) is 8.67. The van der Waals surface area contributed by atoms with Crippen molar-refractivity contribution in [1.82, 2.24) is 0 Å². The minimum Gasteiger partial charge on any atom is -0.493 e. The zero-order valence-electron chi connectivity index (χ0n) is 12.6. The molecule has 1 aromatic rings. The molecule has 0 atom stereocenters. The molecule has 0 saturated carbocycles. The fraction of sp³-hybridized carbons (Fsp3) is 0.438. The second-order valence-electron chi connectivity index (χ2n) is 4.70. The Labute approximate surface area is 133 Å². The third kappa shape index (κ3) is 5.42. The van der Waals surface area contributed by atoms with Gasteiger partial charge in [0.1, 0.15) is 0 Å². The molecule has 1 aromatic carbocycles. The molecule has 116 valence electrons. The van der Waals surface area contributed by atoms with Gasteiger partial charge in [-0.1, -0.05) is 26.7 Å². The van der Waals surface area contributed by atoms with E-state index in [0.717, 1.165) is 29.0 Å². The molecule has 5 heteroatoms. The van der Waals surface area contributed by atoms with E-state index >= 15 is 0 Å². The van der Waals surface area contributed by atoms with E-state index in [1.54, 1.807) is 13.2 Å². The smallest absolute Gasteiger partial charge is 0.328 e. The van der Waals surface area contributed by atoms with Gasteiger partial charge in [0, 0.05) is 6.08 Å². The topological polar surface area (TPSA) is 55.8 Å². The van der Waals surface area contributed by atoms with Crippen molar-refractivity contribution in [3.63, 3.8) is 0 Å². The quantitative estimate of drug-likeness (QED) is 0.702. The molecule has 0 aromatic heterocycles. The number of hydrogen-bond acceptors (Lipinski definition) is 3. The fourth-order valence-electron chi connectivity index (χ4n) is 1.87. The Balaban J connectivity index is 2.97. The number of hydrogen-bond donors (Lipinski definition) is 1. The van der Waals surface area contributed by atoms with Crippen LogP contribution in [-0.4, -0.2) is 24.8 Å². The Kier molecular flexibility index (Phi) is 7.29. The van der Waals surface area contributed by atoms with Crippen LogP contribution in [0.1, 0.15) is 32.3 Å². The number of benzene rings is 1. The van der Waals surface area contributed by atoms with Gasteiger partial charge in [0.2, 0.25) is 0 Å². The second kappa shape index (κ2) is 8.72. The summed E-state index contributed by atoms with van der Waals surface area (Å²) < 4.78 is 12.0. The highest BCUT2D eigenvalue weighted by Crippen LogP contribution is 2.37. The van der Waals surface area contributed by atoms with Gasteiger partial charge in [-0.25, -0.2) is 4.79 Å². The maximum Gasteiger partial charge on any atom is 0.328 e. The number of carboxylic acid groups (broad SMARTS) is 1. The predicted molar refractivity (Wildman–Crippen MR) is 86.9 cm³/mol. The van der Waals surface area contributed by atoms with E-state index in [9.17, 15) is 4.79 Å². The molecule has 0 amide bonds. The van der Waals surface area contributed by atoms with Crippen LogP contribution in [-0.2, 0) is 4.79 Å². The molecular weight excluding hydrogens is 336 g/mol. The predicted octanol–water partition coefficient (Wildman–Crippen LogP) is 4.37. The standard InChI is InChI=1S/C16H21BrO4/c1-4-11(5-2)10-21-16-13(17)8-12(6-7-15(18)19)9-14(16)20-3/h6-9,11H,4-5,10H2,1-3H3,(H,18,19)/b7-6+. The number of halogens is 1. The van der Waals surface area contributed by atoms with Gasteiger partial charge in [-0.05, 0) is 45.6 Å². The summed E-state index contributed by atoms with van der Waals surface area (Å²) in [6, 6.07) is 3.57. The maximum atomic E-state index is 10.6. The van der Waals surface area contributed by atoms with Crippen LogP contribution < -0.4 is 9.47 Å². The zero-order valence-corrected chi connectivity index (χ0v) is 14.1. The van der Waals surface area contributed by atoms with Gasteiger partial charge in [-0.3, -0.25) is 0 Å². The largest absolute Gasteiger partial charge is 0.493 e. The highest BCUT2D eigenvalue weighted by molar-refractivity contribution is 9.10. The van der Waals surface area contributed by atoms with Crippen molar-refractivity contribution in [2.45, 2.75) is 26.7 Å². The lowest BCUT2D eigenvalue weighted by molar-refractivity contribution is -0.131. The summed E-state index contributed by atoms with van der Waals surface area (Å²) in [7, 11) is 1.57. The lowest BCUT2D eigenvalue weighted by Gasteiger charge is -2.17. The van der Waals surface area contributed by atoms with Crippen LogP contribution in [0, 0.1) is 5.92 Å². The van der Waals surface area contributed by atoms with Crippen molar-refractivity contribution in [1.29, 1.82) is 0 Å². The van der Waals surface area contributed by atoms with Crippen molar-refractivity contribution in [3.05, 3.63) is 28.2 Å². The average molecular weight is 357 g/mol. The van der Waals surface area contributed by atoms with Crippen LogP contribution in [0.3, 0.4) is 0 Å². The summed E-state index contributed by atoms with van der Waals surface area (Å²) in [4.78, 5) is 10.6. The van der Waals surface area contributed by atoms with Gasteiger partial charge in [-0.15, -0.1) is 0 Å². The van der Waals surface area contributed by atoms with E-state index in [2.05, 4.69) is 29.8 Å². The molecule has 0 radical (unpaired) electrons. The van der Waals surface area contributed by atoms with E-state index in [-0.39, 0.29) is 0 Å². The van der Waals surface area contributed by atoms with Crippen LogP contribution in [0.25, 0.3) is 6.08 Å². The van der Waals surface area contributed by atoms with Crippen LogP contribution >= 0.6 is 15.9 Å². The van der Waals surface area contributed by atoms with Crippen molar-refractivity contribution < 1.29 is 19.4 Å². The van der Waals surface area contributed by atoms with Crippen LogP contribution in [0.5, 0.6) is 11.5 Å². The maximum absolute atomic E-state index is 10.6. The zero-order chi connectivity index (χ0) is 15.8. The third-order valence-corrected chi connectivity index (χ3v) is 3.88. The first-order valence-corrected chi connectivity index (χ1v) is 7.72. The van der Waals surface area contributed by atoms with Crippen LogP contribution in [0.4, 0.5) is 0 Å². The van der Waals surface area contributed by atoms with E-state index in [4.69, 9.17) is 14.6 Å². The minimum atomic E-state index is -0.987. The number of ether oxygens (including phenoxy) is 2. The van der Waals surface area contributed by atoms with Gasteiger partial charge in [0.15, 0.2) is 11.5 Å². The molecule has 1 N–H and O–H groups in total. The Hall–Kier alpha value is -1.49. The lowest BCUT2D eigenvalue weighted by atomic mass is 10.1. The fourth-order valence-corrected chi connectivity index (χ4v) is 2.44. The lowest BCUT2D eigenvalue weighted by Crippen LogP contribution is -2.11. The molecule has 4 nitrogen and oxygen atoms in total. The summed E-state index contributed by atoms with van der Waals surface area (Å²) in [5.74, 6) is 0.754. The molecule has 1 rings (SSSR count). The van der Waals surface area contributed by atoms with Gasteiger partial charge < -0.3 is 14.6 Å². The van der Waals surface area contributed by atoms with Crippen molar-refractivity contribution >= 4 is 28.0 Å². The highest BCUT2D eigenvalue weighted by atomic mass is 79.9. The van der Waals surface area contributed by atoms with E-state index < -0.39 is 5.97 Å². The number of carbonyl (C=O) groups is 1. The SMILES string of the molecule is CCC(CC)COc1c(Br)cc(/C=C/C(=O)O)cc1OC. The Morgan fingerprint density at radius 1 is 1.38 bits per heavy atom. The Bertz CT molecular complexity index is 507. The Morgan fingerprint density at radius 3 is 2.57 bits per heavy atom. The molecular formula is C16H21BrO4. The second-order valence-corrected chi connectivity index (χ2v) is 5.55. The first kappa shape index (κ1) is 17.6. The van der Waals surface area contributed by atoms with E-state index in [1.807, 2.05) is 6.07 Å². The summed E-state index contributed by atoms with van der Waals surface area (Å²) in [6.07, 6.45) is 4.73. The van der Waals surface area contributed by atoms with Gasteiger partial charge in [0.05, 0.1) is 18.2 Å². The van der Waals surface area contributed by atoms with Gasteiger partial charge in [0.25, 0.3) is 0 Å². The molecule has 0 bridgehead atoms. The molecule has 0 heterocycles. The van der Waals surface area contributed by atoms with Crippen LogP contribution in [0.2, 0.25) is 0 Å². The highest BCUT2D eigenvalue weighted by Gasteiger charge is 2.13. The average Bonchev–Trinajstić information content (AvgIpc) is 2.47. The molecule has 0 saturated heterocycles. The van der Waals surface area contributed by atoms with Crippen molar-refractivity contribution in [2.75, 3.05) is 13.7 Å². The number of carboxylic acids is 1. The van der Waals surface area contributed by atoms with Gasteiger partial charge in [-0.2, -0.15) is 0 Å².